The van der Waals surface area contributed by atoms with Gasteiger partial charge in [-0.1, -0.05) is 17.3 Å². The van der Waals surface area contributed by atoms with Crippen LogP contribution in [0.25, 0.3) is 20.8 Å². The van der Waals surface area contributed by atoms with Gasteiger partial charge in [0.05, 0.1) is 15.3 Å². The van der Waals surface area contributed by atoms with Crippen LogP contribution in [0.1, 0.15) is 18.4 Å². The Labute approximate surface area is 203 Å². The van der Waals surface area contributed by atoms with E-state index in [1.54, 1.807) is 18.0 Å². The zero-order valence-electron chi connectivity index (χ0n) is 18.1. The van der Waals surface area contributed by atoms with Crippen molar-refractivity contribution in [1.82, 2.24) is 25.7 Å². The topological polar surface area (TPSA) is 95.3 Å². The summed E-state index contributed by atoms with van der Waals surface area (Å²) < 4.78 is 75.2. The number of thioether (sulfide) groups is 1. The molecule has 188 valence electrons. The largest absolute Gasteiger partial charge is 0.446 e. The van der Waals surface area contributed by atoms with Crippen molar-refractivity contribution in [2.75, 3.05) is 32.0 Å². The standard InChI is InChI=1S/C20H19F5N6O2S2/c1-31-6-5-19(21,22)12(8-31)27-10-4-2-3-9-13(10)34-15(14(9)35-20(23,24)25)16-29-17(33-30-16)11-7-26-18(32)28-11/h2-4,11-12,27H,5-8H2,1H3,(H2,26,28,32)/t11-,12-/m1/s1. The molecule has 8 nitrogen and oxygen atoms in total. The summed E-state index contributed by atoms with van der Waals surface area (Å²) >= 11 is 0.638. The van der Waals surface area contributed by atoms with Gasteiger partial charge >= 0.3 is 11.5 Å². The number of amides is 2. The molecule has 3 N–H and O–H groups in total. The molecule has 0 radical (unpaired) electrons. The van der Waals surface area contributed by atoms with Gasteiger partial charge in [-0.25, -0.2) is 13.6 Å². The van der Waals surface area contributed by atoms with E-state index in [4.69, 9.17) is 4.52 Å². The van der Waals surface area contributed by atoms with Gasteiger partial charge in [0.25, 0.3) is 11.8 Å². The number of likely N-dealkylation sites (N-methyl/N-ethyl adjacent to an activating group) is 1. The van der Waals surface area contributed by atoms with Crippen LogP contribution in [0.2, 0.25) is 0 Å². The second kappa shape index (κ2) is 8.78. The molecule has 2 aromatic heterocycles. The van der Waals surface area contributed by atoms with E-state index in [1.165, 1.54) is 12.1 Å². The van der Waals surface area contributed by atoms with Crippen molar-refractivity contribution >= 4 is 44.9 Å². The molecule has 5 rings (SSSR count). The number of nitrogens with zero attached hydrogens (tertiary/aromatic N) is 3. The van der Waals surface area contributed by atoms with Crippen LogP contribution in [0, 0.1) is 0 Å². The van der Waals surface area contributed by atoms with E-state index in [1.807, 2.05) is 0 Å². The summed E-state index contributed by atoms with van der Waals surface area (Å²) in [4.78, 5) is 17.3. The Morgan fingerprint density at radius 1 is 1.34 bits per heavy atom. The fourth-order valence-corrected chi connectivity index (χ4v) is 6.15. The minimum atomic E-state index is -4.61. The number of piperidine rings is 1. The molecule has 15 heteroatoms. The van der Waals surface area contributed by atoms with Crippen molar-refractivity contribution < 1.29 is 31.3 Å². The van der Waals surface area contributed by atoms with Gasteiger partial charge in [-0.2, -0.15) is 18.2 Å². The van der Waals surface area contributed by atoms with Crippen molar-refractivity contribution in [3.05, 3.63) is 24.1 Å². The number of thiophene rings is 1. The molecule has 2 aliphatic heterocycles. The number of halogens is 5. The Morgan fingerprint density at radius 3 is 2.86 bits per heavy atom. The van der Waals surface area contributed by atoms with Crippen LogP contribution in [0.4, 0.5) is 32.4 Å². The zero-order valence-corrected chi connectivity index (χ0v) is 19.7. The van der Waals surface area contributed by atoms with Crippen molar-refractivity contribution in [3.8, 4) is 10.7 Å². The Kier molecular flexibility index (Phi) is 6.04. The molecule has 35 heavy (non-hydrogen) atoms. The summed E-state index contributed by atoms with van der Waals surface area (Å²) in [5.41, 5.74) is -4.31. The highest BCUT2D eigenvalue weighted by Crippen LogP contribution is 2.51. The minimum Gasteiger partial charge on any atom is -0.374 e. The average molecular weight is 535 g/mol. The third-order valence-corrected chi connectivity index (χ3v) is 7.99. The van der Waals surface area contributed by atoms with Gasteiger partial charge in [-0.3, -0.25) is 0 Å². The lowest BCUT2D eigenvalue weighted by molar-refractivity contribution is -0.0613. The molecule has 0 aliphatic carbocycles. The molecule has 3 aromatic rings. The van der Waals surface area contributed by atoms with Gasteiger partial charge in [0.1, 0.15) is 12.1 Å². The number of nitrogens with one attached hydrogen (secondary N) is 3. The number of aromatic nitrogens is 2. The quantitative estimate of drug-likeness (QED) is 0.324. The van der Waals surface area contributed by atoms with Gasteiger partial charge in [-0.05, 0) is 24.9 Å². The lowest BCUT2D eigenvalue weighted by atomic mass is 10.0. The van der Waals surface area contributed by atoms with Crippen molar-refractivity contribution in [3.63, 3.8) is 0 Å². The molecule has 0 bridgehead atoms. The lowest BCUT2D eigenvalue weighted by Crippen LogP contribution is -2.53. The number of rotatable bonds is 5. The second-order valence-corrected chi connectivity index (χ2v) is 10.4. The van der Waals surface area contributed by atoms with E-state index < -0.39 is 29.5 Å². The van der Waals surface area contributed by atoms with E-state index >= 15 is 0 Å². The molecule has 0 unspecified atom stereocenters. The third kappa shape index (κ3) is 4.89. The Hall–Kier alpha value is -2.65. The first-order valence-electron chi connectivity index (χ1n) is 10.5. The maximum Gasteiger partial charge on any atom is 0.446 e. The fourth-order valence-electron chi connectivity index (χ4n) is 4.04. The normalized spacial score (nSPS) is 22.9. The van der Waals surface area contributed by atoms with Crippen LogP contribution in [0.5, 0.6) is 0 Å². The first-order chi connectivity index (χ1) is 16.5. The Balaban J connectivity index is 1.56. The van der Waals surface area contributed by atoms with Crippen molar-refractivity contribution in [1.29, 1.82) is 0 Å². The van der Waals surface area contributed by atoms with Gasteiger partial charge in [0, 0.05) is 36.3 Å². The number of hydrogen-bond donors (Lipinski definition) is 3. The van der Waals surface area contributed by atoms with E-state index in [0.29, 0.717) is 10.4 Å². The number of hydrogen-bond acceptors (Lipinski definition) is 8. The number of urea groups is 1. The first-order valence-corrected chi connectivity index (χ1v) is 12.2. The summed E-state index contributed by atoms with van der Waals surface area (Å²) in [5, 5.41) is 12.0. The number of likely N-dealkylation sites (tertiary alicyclic amines) is 1. The van der Waals surface area contributed by atoms with Gasteiger partial charge in [-0.15, -0.1) is 11.3 Å². The maximum atomic E-state index is 14.6. The predicted molar refractivity (Wildman–Crippen MR) is 121 cm³/mol. The summed E-state index contributed by atoms with van der Waals surface area (Å²) in [6.45, 7) is 0.526. The molecule has 0 spiro atoms. The summed E-state index contributed by atoms with van der Waals surface area (Å²) in [6, 6.07) is 2.35. The highest BCUT2D eigenvalue weighted by atomic mass is 32.2. The number of carbonyl (C=O) groups is 1. The highest BCUT2D eigenvalue weighted by Gasteiger charge is 2.43. The minimum absolute atomic E-state index is 0.0435. The van der Waals surface area contributed by atoms with E-state index in [9.17, 15) is 26.7 Å². The van der Waals surface area contributed by atoms with Crippen molar-refractivity contribution in [2.45, 2.75) is 34.8 Å². The van der Waals surface area contributed by atoms with Crippen molar-refractivity contribution in [2.24, 2.45) is 0 Å². The van der Waals surface area contributed by atoms with E-state index in [-0.39, 0.29) is 64.7 Å². The monoisotopic (exact) mass is 534 g/mol. The zero-order chi connectivity index (χ0) is 25.0. The summed E-state index contributed by atoms with van der Waals surface area (Å²) in [5.74, 6) is -3.01. The van der Waals surface area contributed by atoms with Crippen LogP contribution in [-0.2, 0) is 0 Å². The first kappa shape index (κ1) is 24.1. The third-order valence-electron chi connectivity index (χ3n) is 5.76. The van der Waals surface area contributed by atoms with Gasteiger partial charge < -0.3 is 25.4 Å². The molecular formula is C20H19F5N6O2S2. The average Bonchev–Trinajstić information content (AvgIpc) is 3.49. The van der Waals surface area contributed by atoms with Crippen LogP contribution in [0.15, 0.2) is 27.6 Å². The smallest absolute Gasteiger partial charge is 0.374 e. The van der Waals surface area contributed by atoms with Crippen LogP contribution < -0.4 is 16.0 Å². The fraction of sp³-hybridized carbons (Fsp3) is 0.450. The van der Waals surface area contributed by atoms with Crippen LogP contribution in [-0.4, -0.2) is 65.2 Å². The second-order valence-electron chi connectivity index (χ2n) is 8.32. The summed E-state index contributed by atoms with van der Waals surface area (Å²) in [7, 11) is 1.74. The molecule has 2 fully saturated rings. The van der Waals surface area contributed by atoms with Gasteiger partial charge in [0.2, 0.25) is 5.82 Å². The number of alkyl halides is 5. The lowest BCUT2D eigenvalue weighted by Gasteiger charge is -2.37. The molecular weight excluding hydrogens is 515 g/mol. The number of anilines is 1. The van der Waals surface area contributed by atoms with Crippen LogP contribution in [0.3, 0.4) is 0 Å². The molecule has 2 atom stereocenters. The molecule has 2 saturated heterocycles. The SMILES string of the molecule is CN1CCC(F)(F)[C@H](Nc2cccc3c(SC(F)(F)F)c(-c4noc([C@H]5CNC(=O)N5)n4)sc23)C1. The van der Waals surface area contributed by atoms with E-state index in [2.05, 4.69) is 26.1 Å². The molecule has 1 aromatic carbocycles. The Morgan fingerprint density at radius 2 is 2.14 bits per heavy atom. The van der Waals surface area contributed by atoms with Crippen LogP contribution >= 0.6 is 23.1 Å². The molecule has 2 aliphatic rings. The maximum absolute atomic E-state index is 14.6. The number of benzene rings is 1. The summed E-state index contributed by atoms with van der Waals surface area (Å²) in [6.07, 6.45) is -0.319. The molecule has 0 saturated carbocycles. The number of fused-ring (bicyclic) bond motifs is 1. The number of carbonyl (C=O) groups excluding carboxylic acids is 1. The molecule has 4 heterocycles. The van der Waals surface area contributed by atoms with E-state index in [0.717, 1.165) is 11.3 Å². The Bertz CT molecular complexity index is 1260. The molecule has 2 amide bonds. The predicted octanol–water partition coefficient (Wildman–Crippen LogP) is 4.67. The van der Waals surface area contributed by atoms with Gasteiger partial charge in [0.15, 0.2) is 0 Å². The highest BCUT2D eigenvalue weighted by molar-refractivity contribution is 8.00.